The molecule has 2 aliphatic carbocycles. The zero-order valence-corrected chi connectivity index (χ0v) is 12.2. The van der Waals surface area contributed by atoms with Crippen molar-refractivity contribution >= 4 is 11.6 Å². The number of rotatable bonds is 8. The summed E-state index contributed by atoms with van der Waals surface area (Å²) >= 11 is 0. The normalized spacial score (nSPS) is 18.2. The van der Waals surface area contributed by atoms with Crippen molar-refractivity contribution in [3.05, 3.63) is 11.4 Å². The van der Waals surface area contributed by atoms with Crippen molar-refractivity contribution in [2.45, 2.75) is 44.9 Å². The SMILES string of the molecule is Cc1c(N)nc(C2CC2)nc1NCCCOCC1CC1. The van der Waals surface area contributed by atoms with E-state index in [9.17, 15) is 0 Å². The lowest BCUT2D eigenvalue weighted by Crippen LogP contribution is -2.12. The zero-order valence-electron chi connectivity index (χ0n) is 12.2. The molecule has 0 bridgehead atoms. The third-order valence-corrected chi connectivity index (χ3v) is 3.95. The van der Waals surface area contributed by atoms with E-state index in [1.807, 2.05) is 6.92 Å². The quantitative estimate of drug-likeness (QED) is 0.714. The Hall–Kier alpha value is -1.36. The number of hydrogen-bond donors (Lipinski definition) is 2. The van der Waals surface area contributed by atoms with Gasteiger partial charge in [0, 0.05) is 31.2 Å². The van der Waals surface area contributed by atoms with E-state index in [0.717, 1.165) is 49.3 Å². The number of nitrogens with two attached hydrogens (primary N) is 1. The first-order valence-electron chi connectivity index (χ1n) is 7.69. The minimum Gasteiger partial charge on any atom is -0.383 e. The molecule has 3 N–H and O–H groups in total. The summed E-state index contributed by atoms with van der Waals surface area (Å²) in [7, 11) is 0. The van der Waals surface area contributed by atoms with Crippen molar-refractivity contribution < 1.29 is 4.74 Å². The van der Waals surface area contributed by atoms with Crippen LogP contribution in [-0.4, -0.2) is 29.7 Å². The van der Waals surface area contributed by atoms with Gasteiger partial charge in [-0.3, -0.25) is 0 Å². The first kappa shape index (κ1) is 13.6. The molecule has 0 aromatic carbocycles. The van der Waals surface area contributed by atoms with Crippen LogP contribution in [0.2, 0.25) is 0 Å². The lowest BCUT2D eigenvalue weighted by Gasteiger charge is -2.12. The van der Waals surface area contributed by atoms with Gasteiger partial charge in [0.05, 0.1) is 0 Å². The maximum Gasteiger partial charge on any atom is 0.136 e. The highest BCUT2D eigenvalue weighted by Gasteiger charge is 2.27. The fourth-order valence-corrected chi connectivity index (χ4v) is 2.16. The standard InChI is InChI=1S/C15H24N4O/c1-10-13(16)18-15(12-5-6-12)19-14(10)17-7-2-8-20-9-11-3-4-11/h11-12H,2-9H2,1H3,(H3,16,17,18,19). The Labute approximate surface area is 120 Å². The van der Waals surface area contributed by atoms with Crippen LogP contribution in [0.5, 0.6) is 0 Å². The molecule has 3 rings (SSSR count). The summed E-state index contributed by atoms with van der Waals surface area (Å²) in [6, 6.07) is 0. The summed E-state index contributed by atoms with van der Waals surface area (Å²) in [6.07, 6.45) is 6.08. The molecule has 5 nitrogen and oxygen atoms in total. The molecule has 0 spiro atoms. The summed E-state index contributed by atoms with van der Waals surface area (Å²) in [5.74, 6) is 3.77. The highest BCUT2D eigenvalue weighted by molar-refractivity contribution is 5.55. The summed E-state index contributed by atoms with van der Waals surface area (Å²) in [5, 5.41) is 3.37. The summed E-state index contributed by atoms with van der Waals surface area (Å²) in [5.41, 5.74) is 6.92. The van der Waals surface area contributed by atoms with E-state index < -0.39 is 0 Å². The van der Waals surface area contributed by atoms with E-state index in [2.05, 4.69) is 15.3 Å². The second kappa shape index (κ2) is 5.95. The predicted molar refractivity (Wildman–Crippen MR) is 79.8 cm³/mol. The molecule has 0 atom stereocenters. The molecule has 2 aliphatic rings. The van der Waals surface area contributed by atoms with Gasteiger partial charge in [0.1, 0.15) is 17.5 Å². The first-order valence-corrected chi connectivity index (χ1v) is 7.69. The minimum atomic E-state index is 0.528. The van der Waals surface area contributed by atoms with Crippen LogP contribution in [0.4, 0.5) is 11.6 Å². The van der Waals surface area contributed by atoms with Crippen LogP contribution >= 0.6 is 0 Å². The van der Waals surface area contributed by atoms with E-state index >= 15 is 0 Å². The molecule has 1 aromatic heterocycles. The number of nitrogens with zero attached hydrogens (tertiary/aromatic N) is 2. The smallest absolute Gasteiger partial charge is 0.136 e. The first-order chi connectivity index (χ1) is 9.74. The largest absolute Gasteiger partial charge is 0.383 e. The molecule has 0 amide bonds. The molecular formula is C15H24N4O. The predicted octanol–water partition coefficient (Wildman–Crippen LogP) is 2.47. The van der Waals surface area contributed by atoms with Gasteiger partial charge < -0.3 is 15.8 Å². The number of aromatic nitrogens is 2. The topological polar surface area (TPSA) is 73.1 Å². The molecule has 2 saturated carbocycles. The Morgan fingerprint density at radius 3 is 2.75 bits per heavy atom. The Morgan fingerprint density at radius 1 is 1.25 bits per heavy atom. The third-order valence-electron chi connectivity index (χ3n) is 3.95. The van der Waals surface area contributed by atoms with Crippen LogP contribution in [0.3, 0.4) is 0 Å². The van der Waals surface area contributed by atoms with Gasteiger partial charge in [-0.25, -0.2) is 9.97 Å². The second-order valence-corrected chi connectivity index (χ2v) is 6.01. The van der Waals surface area contributed by atoms with Crippen LogP contribution < -0.4 is 11.1 Å². The Balaban J connectivity index is 1.45. The summed E-state index contributed by atoms with van der Waals surface area (Å²) in [6.45, 7) is 4.59. The van der Waals surface area contributed by atoms with Gasteiger partial charge in [-0.15, -0.1) is 0 Å². The molecule has 2 fully saturated rings. The molecule has 1 heterocycles. The monoisotopic (exact) mass is 276 g/mol. The fourth-order valence-electron chi connectivity index (χ4n) is 2.16. The van der Waals surface area contributed by atoms with Crippen LogP contribution in [0.15, 0.2) is 0 Å². The van der Waals surface area contributed by atoms with Crippen molar-refractivity contribution in [3.63, 3.8) is 0 Å². The van der Waals surface area contributed by atoms with Crippen LogP contribution in [0, 0.1) is 12.8 Å². The summed E-state index contributed by atoms with van der Waals surface area (Å²) < 4.78 is 5.62. The van der Waals surface area contributed by atoms with Gasteiger partial charge in [0.2, 0.25) is 0 Å². The molecule has 0 saturated heterocycles. The second-order valence-electron chi connectivity index (χ2n) is 6.01. The number of nitrogen functional groups attached to an aromatic ring is 1. The maximum absolute atomic E-state index is 5.96. The van der Waals surface area contributed by atoms with Gasteiger partial charge >= 0.3 is 0 Å². The number of anilines is 2. The van der Waals surface area contributed by atoms with Gasteiger partial charge in [-0.1, -0.05) is 0 Å². The van der Waals surface area contributed by atoms with Crippen LogP contribution in [0.1, 0.15) is 49.4 Å². The highest BCUT2D eigenvalue weighted by Crippen LogP contribution is 2.39. The van der Waals surface area contributed by atoms with Gasteiger partial charge in [0.25, 0.3) is 0 Å². The summed E-state index contributed by atoms with van der Waals surface area (Å²) in [4.78, 5) is 8.99. The minimum absolute atomic E-state index is 0.528. The molecular weight excluding hydrogens is 252 g/mol. The Bertz CT molecular complexity index is 469. The molecule has 5 heteroatoms. The van der Waals surface area contributed by atoms with E-state index in [1.165, 1.54) is 25.7 Å². The van der Waals surface area contributed by atoms with Crippen molar-refractivity contribution in [2.75, 3.05) is 30.8 Å². The van der Waals surface area contributed by atoms with Crippen LogP contribution in [-0.2, 0) is 4.74 Å². The molecule has 0 aliphatic heterocycles. The number of hydrogen-bond acceptors (Lipinski definition) is 5. The number of ether oxygens (including phenoxy) is 1. The van der Waals surface area contributed by atoms with Crippen molar-refractivity contribution in [3.8, 4) is 0 Å². The number of nitrogens with one attached hydrogen (secondary N) is 1. The molecule has 0 radical (unpaired) electrons. The van der Waals surface area contributed by atoms with Crippen molar-refractivity contribution in [1.82, 2.24) is 9.97 Å². The van der Waals surface area contributed by atoms with Gasteiger partial charge in [-0.05, 0) is 44.9 Å². The zero-order chi connectivity index (χ0) is 13.9. The molecule has 1 aromatic rings. The molecule has 110 valence electrons. The Kier molecular flexibility index (Phi) is 4.05. The average molecular weight is 276 g/mol. The Morgan fingerprint density at radius 2 is 2.05 bits per heavy atom. The fraction of sp³-hybridized carbons (Fsp3) is 0.733. The van der Waals surface area contributed by atoms with Crippen LogP contribution in [0.25, 0.3) is 0 Å². The maximum atomic E-state index is 5.96. The molecule has 0 unspecified atom stereocenters. The van der Waals surface area contributed by atoms with E-state index in [4.69, 9.17) is 10.5 Å². The van der Waals surface area contributed by atoms with E-state index in [0.29, 0.717) is 11.7 Å². The average Bonchev–Trinajstić information content (AvgIpc) is 3.29. The third kappa shape index (κ3) is 3.60. The lowest BCUT2D eigenvalue weighted by atomic mass is 10.2. The lowest BCUT2D eigenvalue weighted by molar-refractivity contribution is 0.124. The molecule has 20 heavy (non-hydrogen) atoms. The highest BCUT2D eigenvalue weighted by atomic mass is 16.5. The van der Waals surface area contributed by atoms with E-state index in [1.54, 1.807) is 0 Å². The van der Waals surface area contributed by atoms with Crippen molar-refractivity contribution in [1.29, 1.82) is 0 Å². The van der Waals surface area contributed by atoms with Gasteiger partial charge in [0.15, 0.2) is 0 Å². The van der Waals surface area contributed by atoms with Crippen molar-refractivity contribution in [2.24, 2.45) is 5.92 Å². The van der Waals surface area contributed by atoms with Gasteiger partial charge in [-0.2, -0.15) is 0 Å². The van der Waals surface area contributed by atoms with E-state index in [-0.39, 0.29) is 0 Å².